The van der Waals surface area contributed by atoms with E-state index in [9.17, 15) is 4.79 Å². The molecule has 0 amide bonds. The van der Waals surface area contributed by atoms with Crippen LogP contribution >= 0.6 is 11.6 Å². The van der Waals surface area contributed by atoms with Crippen molar-refractivity contribution in [2.75, 3.05) is 6.61 Å². The van der Waals surface area contributed by atoms with Crippen LogP contribution in [0.1, 0.15) is 0 Å². The van der Waals surface area contributed by atoms with Gasteiger partial charge in [0.25, 0.3) is 0 Å². The molecule has 0 aliphatic carbocycles. The topological polar surface area (TPSA) is 35.5 Å². The van der Waals surface area contributed by atoms with Crippen molar-refractivity contribution in [1.82, 2.24) is 0 Å². The van der Waals surface area contributed by atoms with Crippen molar-refractivity contribution in [3.8, 4) is 5.75 Å². The summed E-state index contributed by atoms with van der Waals surface area (Å²) >= 11 is 7.33. The number of halogens is 1. The van der Waals surface area contributed by atoms with E-state index in [2.05, 4.69) is 3.24 Å². The predicted molar refractivity (Wildman–Crippen MR) is 43.0 cm³/mol. The van der Waals surface area contributed by atoms with Gasteiger partial charge in [0.15, 0.2) is 0 Å². The van der Waals surface area contributed by atoms with E-state index >= 15 is 0 Å². The van der Waals surface area contributed by atoms with Crippen LogP contribution in [0.2, 0.25) is 5.02 Å². The molecule has 1 aromatic carbocycles. The average molecular weight is 383 g/mol. The Bertz CT molecular complexity index is 286. The maximum atomic E-state index is 10.7. The number of hydrogen-bond donors (Lipinski definition) is 0. The third-order valence-electron chi connectivity index (χ3n) is 1.24. The zero-order chi connectivity index (χ0) is 9.68. The van der Waals surface area contributed by atoms with Gasteiger partial charge >= 0.3 is 93.5 Å². The second-order valence-corrected chi connectivity index (χ2v) is 3.05. The Balaban J connectivity index is 2.46. The van der Waals surface area contributed by atoms with Crippen molar-refractivity contribution in [2.24, 2.45) is 0 Å². The zero-order valence-electron chi connectivity index (χ0n) is 6.42. The van der Waals surface area contributed by atoms with Crippen LogP contribution in [0.4, 0.5) is 0 Å². The van der Waals surface area contributed by atoms with Gasteiger partial charge in [0, 0.05) is 0 Å². The molecule has 0 spiro atoms. The van der Waals surface area contributed by atoms with E-state index in [4.69, 9.17) is 16.3 Å². The molecule has 13 heavy (non-hydrogen) atoms. The first-order chi connectivity index (χ1) is 6.22. The van der Waals surface area contributed by atoms with Crippen LogP contribution in [0.3, 0.4) is 0 Å². The first kappa shape index (κ1) is 10.6. The van der Waals surface area contributed by atoms with Crippen LogP contribution in [-0.2, 0) is 29.5 Å². The van der Waals surface area contributed by atoms with Crippen LogP contribution in [-0.4, -0.2) is 12.6 Å². The van der Waals surface area contributed by atoms with Crippen molar-refractivity contribution in [2.45, 2.75) is 0 Å². The molecule has 0 N–H and O–H groups in total. The quantitative estimate of drug-likeness (QED) is 0.747. The summed E-state index contributed by atoms with van der Waals surface area (Å²) in [5, 5.41) is 0.627. The summed E-state index contributed by atoms with van der Waals surface area (Å²) in [5.74, 6) is 0.154. The number of hydrogen-bond acceptors (Lipinski definition) is 3. The third kappa shape index (κ3) is 3.83. The molecule has 0 unspecified atom stereocenters. The molecule has 1 rings (SSSR count). The van der Waals surface area contributed by atoms with Gasteiger partial charge in [-0.2, -0.15) is 0 Å². The van der Waals surface area contributed by atoms with E-state index in [0.717, 1.165) is 0 Å². The van der Waals surface area contributed by atoms with E-state index < -0.39 is 5.97 Å². The third-order valence-corrected chi connectivity index (χ3v) is 1.98. The first-order valence-corrected chi connectivity index (χ1v) is 4.65. The minimum absolute atomic E-state index is 0.0991. The van der Waals surface area contributed by atoms with E-state index in [1.54, 1.807) is 45.7 Å². The van der Waals surface area contributed by atoms with Crippen LogP contribution in [0, 0.1) is 0 Å². The van der Waals surface area contributed by atoms with Crippen LogP contribution in [0.5, 0.6) is 5.75 Å². The van der Waals surface area contributed by atoms with Gasteiger partial charge in [0.05, 0.1) is 0 Å². The van der Waals surface area contributed by atoms with Crippen molar-refractivity contribution >= 4 is 17.6 Å². The molecule has 0 aliphatic heterocycles. The van der Waals surface area contributed by atoms with Crippen molar-refractivity contribution < 1.29 is 34.2 Å². The molecule has 3 nitrogen and oxygen atoms in total. The number of carbonyl (C=O) groups excluding carboxylic acids is 1. The zero-order valence-corrected chi connectivity index (χ0v) is 9.34. The molecule has 74 valence electrons. The Morgan fingerprint density at radius 1 is 1.38 bits per heavy atom. The summed E-state index contributed by atoms with van der Waals surface area (Å²) in [6.07, 6.45) is 0. The monoisotopic (exact) mass is 382 g/mol. The second kappa shape index (κ2) is 5.29. The SMILES string of the molecule is O=C(COc1ccc(Cl)cc1)[O][Au]. The fourth-order valence-corrected chi connectivity index (χ4v) is 0.944. The van der Waals surface area contributed by atoms with E-state index in [-0.39, 0.29) is 6.61 Å². The van der Waals surface area contributed by atoms with E-state index in [1.807, 2.05) is 0 Å². The van der Waals surface area contributed by atoms with Gasteiger partial charge in [0.1, 0.15) is 0 Å². The average Bonchev–Trinajstić information content (AvgIpc) is 2.16. The van der Waals surface area contributed by atoms with Gasteiger partial charge < -0.3 is 0 Å². The minimum atomic E-state index is -0.432. The van der Waals surface area contributed by atoms with Gasteiger partial charge in [-0.1, -0.05) is 0 Å². The molecule has 0 fully saturated rings. The fourth-order valence-electron chi connectivity index (χ4n) is 0.691. The molecule has 0 radical (unpaired) electrons. The van der Waals surface area contributed by atoms with Gasteiger partial charge in [-0.05, 0) is 0 Å². The second-order valence-electron chi connectivity index (χ2n) is 2.18. The molecular weight excluding hydrogens is 377 g/mol. The Kier molecular flexibility index (Phi) is 4.32. The molecule has 0 saturated heterocycles. The number of ether oxygens (including phenoxy) is 1. The molecule has 5 heteroatoms. The van der Waals surface area contributed by atoms with Crippen LogP contribution in [0.15, 0.2) is 24.3 Å². The normalized spacial score (nSPS) is 9.46. The Morgan fingerprint density at radius 2 is 2.00 bits per heavy atom. The molecule has 0 atom stereocenters. The van der Waals surface area contributed by atoms with E-state index in [1.165, 1.54) is 0 Å². The Morgan fingerprint density at radius 3 is 2.54 bits per heavy atom. The molecular formula is C8H6AuClO3. The van der Waals surface area contributed by atoms with Crippen LogP contribution < -0.4 is 4.74 Å². The summed E-state index contributed by atoms with van der Waals surface area (Å²) in [5.41, 5.74) is 0. The van der Waals surface area contributed by atoms with Crippen molar-refractivity contribution in [3.05, 3.63) is 29.3 Å². The van der Waals surface area contributed by atoms with Crippen molar-refractivity contribution in [3.63, 3.8) is 0 Å². The summed E-state index contributed by atoms with van der Waals surface area (Å²) in [6, 6.07) is 6.73. The Hall–Kier alpha value is -0.480. The Labute approximate surface area is 93.4 Å². The van der Waals surface area contributed by atoms with Crippen LogP contribution in [0.25, 0.3) is 0 Å². The number of benzene rings is 1. The number of carbonyl (C=O) groups is 1. The molecule has 0 aromatic heterocycles. The van der Waals surface area contributed by atoms with Gasteiger partial charge in [-0.3, -0.25) is 0 Å². The van der Waals surface area contributed by atoms with Gasteiger partial charge in [-0.25, -0.2) is 0 Å². The summed E-state index contributed by atoms with van der Waals surface area (Å²) in [6.45, 7) is -0.0991. The molecule has 0 heterocycles. The fraction of sp³-hybridized carbons (Fsp3) is 0.125. The summed E-state index contributed by atoms with van der Waals surface area (Å²) < 4.78 is 9.42. The summed E-state index contributed by atoms with van der Waals surface area (Å²) in [7, 11) is 0. The number of rotatable bonds is 3. The van der Waals surface area contributed by atoms with Gasteiger partial charge in [0.2, 0.25) is 0 Å². The molecule has 1 aromatic rings. The van der Waals surface area contributed by atoms with Crippen molar-refractivity contribution in [1.29, 1.82) is 0 Å². The van der Waals surface area contributed by atoms with Gasteiger partial charge in [-0.15, -0.1) is 0 Å². The summed E-state index contributed by atoms with van der Waals surface area (Å²) in [4.78, 5) is 10.7. The molecule has 0 bridgehead atoms. The molecule has 0 aliphatic rings. The standard InChI is InChI=1S/C8H7ClO3.Au/c9-6-1-3-7(4-2-6)12-5-8(10)11;/h1-4H,5H2,(H,10,11);/q;+1/p-1. The maximum absolute atomic E-state index is 10.7. The first-order valence-electron chi connectivity index (χ1n) is 3.39. The predicted octanol–water partition coefficient (Wildman–Crippen LogP) is 1.72. The van der Waals surface area contributed by atoms with E-state index in [0.29, 0.717) is 10.8 Å². The molecule has 0 saturated carbocycles.